The molecule has 214 valence electrons. The number of benzene rings is 4. The van der Waals surface area contributed by atoms with E-state index in [0.29, 0.717) is 23.0 Å². The summed E-state index contributed by atoms with van der Waals surface area (Å²) >= 11 is 0. The molecule has 1 aliphatic heterocycles. The molecule has 5 heteroatoms. The Hall–Kier alpha value is -4.77. The summed E-state index contributed by atoms with van der Waals surface area (Å²) in [5.41, 5.74) is 10.6. The summed E-state index contributed by atoms with van der Waals surface area (Å²) in [6.45, 7) is 8.53. The van der Waals surface area contributed by atoms with E-state index in [9.17, 15) is 0 Å². The van der Waals surface area contributed by atoms with E-state index in [-0.39, 0.29) is 6.04 Å². The van der Waals surface area contributed by atoms with Gasteiger partial charge in [0.15, 0.2) is 34.8 Å². The van der Waals surface area contributed by atoms with Crippen molar-refractivity contribution in [2.45, 2.75) is 19.9 Å². The summed E-state index contributed by atoms with van der Waals surface area (Å²) in [5, 5.41) is 0. The lowest BCUT2D eigenvalue weighted by Gasteiger charge is -2.22. The first kappa shape index (κ1) is 28.7. The predicted octanol–water partition coefficient (Wildman–Crippen LogP) is 8.09. The van der Waals surface area contributed by atoms with Crippen LogP contribution in [0, 0.1) is 0 Å². The van der Waals surface area contributed by atoms with E-state index < -0.39 is 0 Å². The molecule has 1 aliphatic rings. The van der Waals surface area contributed by atoms with Crippen molar-refractivity contribution in [2.24, 2.45) is 0 Å². The van der Waals surface area contributed by atoms with Crippen LogP contribution in [-0.2, 0) is 0 Å². The van der Waals surface area contributed by atoms with Gasteiger partial charge < -0.3 is 18.9 Å². The second-order valence-corrected chi connectivity index (χ2v) is 10.4. The predicted molar refractivity (Wildman–Crippen MR) is 173 cm³/mol. The molecule has 4 aromatic rings. The highest BCUT2D eigenvalue weighted by molar-refractivity contribution is 6.04. The van der Waals surface area contributed by atoms with Crippen molar-refractivity contribution in [3.8, 4) is 45.3 Å². The van der Waals surface area contributed by atoms with Crippen molar-refractivity contribution in [3.63, 3.8) is 0 Å². The number of rotatable bonds is 8. The highest BCUT2D eigenvalue weighted by Gasteiger charge is 2.31. The molecule has 4 aromatic carbocycles. The zero-order chi connectivity index (χ0) is 30.0. The molecule has 0 saturated carbocycles. The summed E-state index contributed by atoms with van der Waals surface area (Å²) in [6.07, 6.45) is 4.09. The lowest BCUT2D eigenvalue weighted by Crippen LogP contribution is -2.26. The average Bonchev–Trinajstić information content (AvgIpc) is 3.13. The third-order valence-electron chi connectivity index (χ3n) is 8.32. The van der Waals surface area contributed by atoms with Crippen LogP contribution in [0.3, 0.4) is 0 Å². The van der Waals surface area contributed by atoms with Gasteiger partial charge in [-0.2, -0.15) is 0 Å². The van der Waals surface area contributed by atoms with Crippen LogP contribution in [0.15, 0.2) is 79.4 Å². The van der Waals surface area contributed by atoms with Crippen molar-refractivity contribution < 1.29 is 23.5 Å². The van der Waals surface area contributed by atoms with Gasteiger partial charge >= 0.3 is 0 Å². The van der Waals surface area contributed by atoms with Gasteiger partial charge in [-0.1, -0.05) is 67.3 Å². The summed E-state index contributed by atoms with van der Waals surface area (Å²) < 4.78 is 25.6. The Morgan fingerprint density at radius 1 is 0.690 bits per heavy atom. The third kappa shape index (κ3) is 4.96. The monoisotopic (exact) mass is 560 g/mol. The molecule has 42 heavy (non-hydrogen) atoms. The van der Waals surface area contributed by atoms with Crippen LogP contribution >= 0.6 is 0 Å². The Morgan fingerprint density at radius 3 is 1.88 bits per heavy atom. The van der Waals surface area contributed by atoms with Gasteiger partial charge in [0.1, 0.15) is 7.05 Å². The molecule has 1 unspecified atom stereocenters. The maximum Gasteiger partial charge on any atom is 0.181 e. The van der Waals surface area contributed by atoms with Gasteiger partial charge in [-0.05, 0) is 52.1 Å². The molecule has 0 aliphatic carbocycles. The van der Waals surface area contributed by atoms with E-state index in [1.54, 1.807) is 28.4 Å². The summed E-state index contributed by atoms with van der Waals surface area (Å²) in [6, 6.07) is 25.3. The number of hydrogen-bond donors (Lipinski definition) is 0. The lowest BCUT2D eigenvalue weighted by atomic mass is 9.88. The molecule has 5 rings (SSSR count). The summed E-state index contributed by atoms with van der Waals surface area (Å²) in [5.74, 6) is 2.72. The van der Waals surface area contributed by atoms with Crippen molar-refractivity contribution in [3.05, 3.63) is 102 Å². The van der Waals surface area contributed by atoms with Crippen LogP contribution in [0.1, 0.15) is 36.1 Å². The van der Waals surface area contributed by atoms with Crippen LogP contribution in [-0.4, -0.2) is 51.8 Å². The van der Waals surface area contributed by atoms with Crippen LogP contribution < -0.4 is 18.9 Å². The minimum Gasteiger partial charge on any atom is -0.493 e. The zero-order valence-corrected chi connectivity index (χ0v) is 25.4. The Kier molecular flexibility index (Phi) is 8.21. The van der Waals surface area contributed by atoms with Crippen LogP contribution in [0.4, 0.5) is 0 Å². The molecular weight excluding hydrogens is 522 g/mol. The first-order chi connectivity index (χ1) is 20.4. The van der Waals surface area contributed by atoms with E-state index >= 15 is 0 Å². The first-order valence-electron chi connectivity index (χ1n) is 14.0. The Labute approximate surface area is 249 Å². The van der Waals surface area contributed by atoms with Gasteiger partial charge in [-0.3, -0.25) is 0 Å². The number of methoxy groups -OCH3 is 4. The van der Waals surface area contributed by atoms with Crippen molar-refractivity contribution in [1.82, 2.24) is 0 Å². The second-order valence-electron chi connectivity index (χ2n) is 10.4. The van der Waals surface area contributed by atoms with E-state index in [0.717, 1.165) is 50.2 Å². The van der Waals surface area contributed by atoms with Crippen molar-refractivity contribution >= 4 is 23.4 Å². The normalized spacial score (nSPS) is 14.5. The van der Waals surface area contributed by atoms with Gasteiger partial charge in [0.05, 0.1) is 34.0 Å². The fourth-order valence-corrected chi connectivity index (χ4v) is 5.80. The van der Waals surface area contributed by atoms with Crippen LogP contribution in [0.5, 0.6) is 23.0 Å². The Bertz CT molecular complexity index is 1700. The fourth-order valence-electron chi connectivity index (χ4n) is 5.80. The molecule has 0 bridgehead atoms. The number of likely N-dealkylation sites (N-methyl/N-ethyl adjacent to an activating group) is 1. The molecule has 1 atom stereocenters. The molecular formula is C37H38NO4+. The maximum absolute atomic E-state index is 6.02. The summed E-state index contributed by atoms with van der Waals surface area (Å²) in [4.78, 5) is 0. The van der Waals surface area contributed by atoms with Crippen LogP contribution in [0.25, 0.3) is 40.0 Å². The van der Waals surface area contributed by atoms with Crippen molar-refractivity contribution in [2.75, 3.05) is 35.5 Å². The van der Waals surface area contributed by atoms with Gasteiger partial charge in [0.25, 0.3) is 0 Å². The first-order valence-corrected chi connectivity index (χ1v) is 14.0. The molecule has 0 aromatic heterocycles. The number of nitrogens with zero attached hydrogens (tertiary/aromatic N) is 1. The SMILES string of the molecule is C=Cc1c(C2=Cc3cc(OC)c(OC)cc3C(C)=[N+](C)C2C)cc(-c2ccc(-c3ccccc3)cc2)c(OC)c1OC. The molecule has 0 N–H and O–H groups in total. The Balaban J connectivity index is 1.76. The number of fused-ring (bicyclic) bond motifs is 1. The molecule has 5 nitrogen and oxygen atoms in total. The molecule has 0 radical (unpaired) electrons. The molecule has 0 amide bonds. The highest BCUT2D eigenvalue weighted by Crippen LogP contribution is 2.47. The number of hydrogen-bond acceptors (Lipinski definition) is 4. The molecule has 1 heterocycles. The molecule has 0 saturated heterocycles. The van der Waals surface area contributed by atoms with E-state index in [1.165, 1.54) is 5.56 Å². The van der Waals surface area contributed by atoms with Gasteiger partial charge in [-0.25, -0.2) is 4.58 Å². The fraction of sp³-hybridized carbons (Fsp3) is 0.216. The third-order valence-corrected chi connectivity index (χ3v) is 8.32. The van der Waals surface area contributed by atoms with Gasteiger partial charge in [0.2, 0.25) is 0 Å². The highest BCUT2D eigenvalue weighted by atomic mass is 16.5. The quantitative estimate of drug-likeness (QED) is 0.204. The zero-order valence-electron chi connectivity index (χ0n) is 25.4. The van der Waals surface area contributed by atoms with Crippen molar-refractivity contribution in [1.29, 1.82) is 0 Å². The summed E-state index contributed by atoms with van der Waals surface area (Å²) in [7, 11) is 8.81. The van der Waals surface area contributed by atoms with Gasteiger partial charge in [-0.15, -0.1) is 0 Å². The number of ether oxygens (including phenoxy) is 4. The standard InChI is InChI=1S/C37H38NO4/c1-9-29-33(31-19-28-20-34(39-5)35(40-6)22-30(28)23(2)38(4)24(31)3)21-32(37(42-8)36(29)41-7)27-17-15-26(16-18-27)25-13-11-10-12-14-25/h9-22,24H,1H2,2-8H3/q+1. The maximum atomic E-state index is 6.02. The Morgan fingerprint density at radius 2 is 1.29 bits per heavy atom. The van der Waals surface area contributed by atoms with Crippen LogP contribution in [0.2, 0.25) is 0 Å². The second kappa shape index (κ2) is 12.0. The molecule has 0 spiro atoms. The van der Waals surface area contributed by atoms with E-state index in [2.05, 4.69) is 98.8 Å². The smallest absolute Gasteiger partial charge is 0.181 e. The minimum absolute atomic E-state index is 0.0412. The lowest BCUT2D eigenvalue weighted by molar-refractivity contribution is -0.517. The average molecular weight is 561 g/mol. The largest absolute Gasteiger partial charge is 0.493 e. The van der Waals surface area contributed by atoms with E-state index in [1.807, 2.05) is 18.2 Å². The minimum atomic E-state index is 0.0412. The molecule has 0 fully saturated rings. The van der Waals surface area contributed by atoms with Gasteiger partial charge in [0, 0.05) is 30.5 Å². The topological polar surface area (TPSA) is 39.9 Å². The van der Waals surface area contributed by atoms with E-state index in [4.69, 9.17) is 18.9 Å².